The smallest absolute Gasteiger partial charge is 0.109 e. The highest BCUT2D eigenvalue weighted by atomic mass is 16.5. The maximum Gasteiger partial charge on any atom is 0.109 e. The predicted molar refractivity (Wildman–Crippen MR) is 93.9 cm³/mol. The average molecular weight is 312 g/mol. The molecular formula is C20H28N2O. The van der Waals surface area contributed by atoms with E-state index in [9.17, 15) is 5.26 Å². The lowest BCUT2D eigenvalue weighted by Crippen LogP contribution is -2.50. The third kappa shape index (κ3) is 5.20. The first-order chi connectivity index (χ1) is 11.3. The predicted octanol–water partition coefficient (Wildman–Crippen LogP) is 4.31. The Labute approximate surface area is 140 Å². The number of nitriles is 1. The first kappa shape index (κ1) is 17.7. The molecule has 0 amide bonds. The number of hydrogen-bond acceptors (Lipinski definition) is 3. The van der Waals surface area contributed by atoms with Gasteiger partial charge in [-0.25, -0.2) is 0 Å². The third-order valence-corrected chi connectivity index (χ3v) is 4.69. The van der Waals surface area contributed by atoms with Crippen molar-refractivity contribution in [1.82, 2.24) is 4.90 Å². The average Bonchev–Trinajstić information content (AvgIpc) is 2.60. The molecule has 3 nitrogen and oxygen atoms in total. The number of benzene rings is 1. The minimum absolute atomic E-state index is 0.289. The molecule has 0 bridgehead atoms. The summed E-state index contributed by atoms with van der Waals surface area (Å²) in [7, 11) is 1.71. The van der Waals surface area contributed by atoms with Crippen LogP contribution in [0.15, 0.2) is 42.5 Å². The molecule has 23 heavy (non-hydrogen) atoms. The third-order valence-electron chi connectivity index (χ3n) is 4.69. The summed E-state index contributed by atoms with van der Waals surface area (Å²) in [6.07, 6.45) is 10.6. The Morgan fingerprint density at radius 2 is 2.09 bits per heavy atom. The zero-order chi connectivity index (χ0) is 16.4. The molecule has 1 heterocycles. The minimum atomic E-state index is -0.289. The van der Waals surface area contributed by atoms with Crippen LogP contribution in [0.25, 0.3) is 0 Å². The van der Waals surface area contributed by atoms with E-state index in [0.29, 0.717) is 6.61 Å². The van der Waals surface area contributed by atoms with E-state index in [1.54, 1.807) is 7.11 Å². The second-order valence-electron chi connectivity index (χ2n) is 6.33. The van der Waals surface area contributed by atoms with Crippen molar-refractivity contribution in [3.8, 4) is 6.07 Å². The number of unbranched alkanes of at least 4 members (excludes halogenated alkanes) is 1. The molecular weight excluding hydrogens is 284 g/mol. The van der Waals surface area contributed by atoms with Crippen LogP contribution >= 0.6 is 0 Å². The molecule has 3 heteroatoms. The van der Waals surface area contributed by atoms with Gasteiger partial charge in [-0.15, -0.1) is 0 Å². The van der Waals surface area contributed by atoms with E-state index in [1.165, 1.54) is 18.4 Å². The summed E-state index contributed by atoms with van der Waals surface area (Å²) < 4.78 is 5.02. The maximum atomic E-state index is 9.90. The number of nitrogens with zero attached hydrogens (tertiary/aromatic N) is 2. The number of methoxy groups -OCH3 is 1. The van der Waals surface area contributed by atoms with E-state index in [2.05, 4.69) is 47.4 Å². The van der Waals surface area contributed by atoms with Gasteiger partial charge in [-0.1, -0.05) is 42.5 Å². The zero-order valence-corrected chi connectivity index (χ0v) is 14.2. The lowest BCUT2D eigenvalue weighted by molar-refractivity contribution is 0.0748. The van der Waals surface area contributed by atoms with E-state index < -0.39 is 0 Å². The Bertz CT molecular complexity index is 520. The summed E-state index contributed by atoms with van der Waals surface area (Å²) in [4.78, 5) is 2.41. The van der Waals surface area contributed by atoms with E-state index in [0.717, 1.165) is 38.8 Å². The Balaban J connectivity index is 1.96. The fourth-order valence-electron chi connectivity index (χ4n) is 3.39. The monoisotopic (exact) mass is 312 g/mol. The standard InChI is InChI=1S/C20H28N2O/c1-23-16-10-3-2-7-13-20(18-21)14-8-9-15-22(20)17-19-11-5-4-6-12-19/h3-6,10-12H,2,7-9,13-17H2,1H3/b10-3+/t20-/m1/s1. The molecule has 1 atom stereocenters. The van der Waals surface area contributed by atoms with E-state index >= 15 is 0 Å². The van der Waals surface area contributed by atoms with Gasteiger partial charge in [-0.3, -0.25) is 4.90 Å². The van der Waals surface area contributed by atoms with Crippen molar-refractivity contribution in [3.05, 3.63) is 48.0 Å². The molecule has 0 aromatic heterocycles. The molecule has 0 radical (unpaired) electrons. The Morgan fingerprint density at radius 3 is 2.83 bits per heavy atom. The highest BCUT2D eigenvalue weighted by Gasteiger charge is 2.38. The van der Waals surface area contributed by atoms with Gasteiger partial charge >= 0.3 is 0 Å². The van der Waals surface area contributed by atoms with E-state index in [-0.39, 0.29) is 5.54 Å². The number of hydrogen-bond donors (Lipinski definition) is 0. The van der Waals surface area contributed by atoms with Crippen molar-refractivity contribution < 1.29 is 4.74 Å². The van der Waals surface area contributed by atoms with Crippen LogP contribution in [0.1, 0.15) is 44.1 Å². The number of allylic oxidation sites excluding steroid dienone is 1. The highest BCUT2D eigenvalue weighted by Crippen LogP contribution is 2.33. The molecule has 1 fully saturated rings. The van der Waals surface area contributed by atoms with Crippen molar-refractivity contribution >= 4 is 0 Å². The summed E-state index contributed by atoms with van der Waals surface area (Å²) in [6.45, 7) is 2.58. The van der Waals surface area contributed by atoms with Crippen molar-refractivity contribution in [2.45, 2.75) is 50.6 Å². The van der Waals surface area contributed by atoms with Gasteiger partial charge in [0.25, 0.3) is 0 Å². The van der Waals surface area contributed by atoms with Gasteiger partial charge in [0.15, 0.2) is 0 Å². The van der Waals surface area contributed by atoms with Gasteiger partial charge in [-0.2, -0.15) is 5.26 Å². The lowest BCUT2D eigenvalue weighted by atomic mass is 9.83. The number of piperidine rings is 1. The summed E-state index contributed by atoms with van der Waals surface area (Å²) in [5, 5.41) is 9.90. The summed E-state index contributed by atoms with van der Waals surface area (Å²) in [5.41, 5.74) is 1.01. The zero-order valence-electron chi connectivity index (χ0n) is 14.2. The lowest BCUT2D eigenvalue weighted by Gasteiger charge is -2.42. The molecule has 1 saturated heterocycles. The molecule has 1 aliphatic rings. The fourth-order valence-corrected chi connectivity index (χ4v) is 3.39. The van der Waals surface area contributed by atoms with Crippen LogP contribution in [-0.4, -0.2) is 30.7 Å². The molecule has 0 saturated carbocycles. The van der Waals surface area contributed by atoms with E-state index in [4.69, 9.17) is 4.74 Å². The van der Waals surface area contributed by atoms with Gasteiger partial charge in [0, 0.05) is 20.2 Å². The van der Waals surface area contributed by atoms with Gasteiger partial charge in [-0.05, 0) is 44.1 Å². The molecule has 2 rings (SSSR count). The van der Waals surface area contributed by atoms with Crippen LogP contribution in [-0.2, 0) is 11.3 Å². The fraction of sp³-hybridized carbons (Fsp3) is 0.550. The maximum absolute atomic E-state index is 9.90. The molecule has 1 aromatic carbocycles. The molecule has 1 aliphatic heterocycles. The van der Waals surface area contributed by atoms with Crippen LogP contribution in [0, 0.1) is 11.3 Å². The molecule has 124 valence electrons. The van der Waals surface area contributed by atoms with Crippen molar-refractivity contribution in [1.29, 1.82) is 5.26 Å². The summed E-state index contributed by atoms with van der Waals surface area (Å²) >= 11 is 0. The topological polar surface area (TPSA) is 36.3 Å². The molecule has 1 aromatic rings. The van der Waals surface area contributed by atoms with Crippen LogP contribution in [0.4, 0.5) is 0 Å². The summed E-state index contributed by atoms with van der Waals surface area (Å²) in [5.74, 6) is 0. The van der Waals surface area contributed by atoms with Crippen LogP contribution in [0.5, 0.6) is 0 Å². The first-order valence-electron chi connectivity index (χ1n) is 8.65. The number of ether oxygens (including phenoxy) is 1. The second kappa shape index (κ2) is 9.50. The number of rotatable bonds is 8. The summed E-state index contributed by atoms with van der Waals surface area (Å²) in [6, 6.07) is 13.2. The molecule has 0 spiro atoms. The van der Waals surface area contributed by atoms with Crippen LogP contribution < -0.4 is 0 Å². The van der Waals surface area contributed by atoms with Gasteiger partial charge in [0.1, 0.15) is 5.54 Å². The van der Waals surface area contributed by atoms with Crippen molar-refractivity contribution in [2.75, 3.05) is 20.3 Å². The normalized spacial score (nSPS) is 22.3. The van der Waals surface area contributed by atoms with Gasteiger partial charge in [0.2, 0.25) is 0 Å². The SMILES string of the molecule is COC/C=C/CCC[C@]1(C#N)CCCCN1Cc1ccccc1. The highest BCUT2D eigenvalue weighted by molar-refractivity contribution is 5.17. The Hall–Kier alpha value is -1.63. The molecule has 0 aliphatic carbocycles. The first-order valence-corrected chi connectivity index (χ1v) is 8.65. The van der Waals surface area contributed by atoms with Gasteiger partial charge in [0.05, 0.1) is 12.7 Å². The quantitative estimate of drug-likeness (QED) is 0.530. The largest absolute Gasteiger partial charge is 0.381 e. The van der Waals surface area contributed by atoms with Crippen LogP contribution in [0.3, 0.4) is 0 Å². The molecule has 0 N–H and O–H groups in total. The second-order valence-corrected chi connectivity index (χ2v) is 6.33. The van der Waals surface area contributed by atoms with Gasteiger partial charge < -0.3 is 4.74 Å². The Morgan fingerprint density at radius 1 is 1.26 bits per heavy atom. The van der Waals surface area contributed by atoms with Crippen LogP contribution in [0.2, 0.25) is 0 Å². The van der Waals surface area contributed by atoms with Crippen molar-refractivity contribution in [2.24, 2.45) is 0 Å². The molecule has 0 unspecified atom stereocenters. The van der Waals surface area contributed by atoms with E-state index in [1.807, 2.05) is 6.07 Å². The number of likely N-dealkylation sites (tertiary alicyclic amines) is 1. The van der Waals surface area contributed by atoms with Crippen molar-refractivity contribution in [3.63, 3.8) is 0 Å². The Kier molecular flexibility index (Phi) is 7.32. The minimum Gasteiger partial charge on any atom is -0.381 e.